The predicted molar refractivity (Wildman–Crippen MR) is 69.2 cm³/mol. The zero-order valence-electron chi connectivity index (χ0n) is 10.1. The van der Waals surface area contributed by atoms with Crippen molar-refractivity contribution in [2.75, 3.05) is 6.54 Å². The molecule has 0 bridgehead atoms. The molecule has 0 saturated carbocycles. The second kappa shape index (κ2) is 7.48. The molecule has 0 saturated heterocycles. The summed E-state index contributed by atoms with van der Waals surface area (Å²) in [4.78, 5) is 11.6. The van der Waals surface area contributed by atoms with Gasteiger partial charge in [0, 0.05) is 13.0 Å². The predicted octanol–water partition coefficient (Wildman–Crippen LogP) is 1.09. The van der Waals surface area contributed by atoms with Crippen LogP contribution in [0.1, 0.15) is 18.9 Å². The summed E-state index contributed by atoms with van der Waals surface area (Å²) >= 11 is 0. The Labute approximate surface area is 102 Å². The molecule has 0 fully saturated rings. The molecule has 0 spiro atoms. The summed E-state index contributed by atoms with van der Waals surface area (Å²) in [7, 11) is 0. The van der Waals surface area contributed by atoms with Gasteiger partial charge in [0.15, 0.2) is 0 Å². The number of hydrogen-bond donors (Lipinski definition) is 2. The van der Waals surface area contributed by atoms with Gasteiger partial charge in [0.1, 0.15) is 0 Å². The van der Waals surface area contributed by atoms with Crippen LogP contribution < -0.4 is 11.1 Å². The van der Waals surface area contributed by atoms with E-state index in [0.717, 1.165) is 5.56 Å². The fourth-order valence-corrected chi connectivity index (χ4v) is 1.47. The molecule has 90 valence electrons. The van der Waals surface area contributed by atoms with Crippen LogP contribution in [0.5, 0.6) is 0 Å². The lowest BCUT2D eigenvalue weighted by Gasteiger charge is -2.11. The van der Waals surface area contributed by atoms with E-state index in [9.17, 15) is 4.79 Å². The van der Waals surface area contributed by atoms with Gasteiger partial charge >= 0.3 is 0 Å². The normalized spacial score (nSPS) is 11.2. The molecule has 0 aliphatic heterocycles. The van der Waals surface area contributed by atoms with Crippen LogP contribution in [0, 0.1) is 11.8 Å². The van der Waals surface area contributed by atoms with Crippen molar-refractivity contribution in [1.82, 2.24) is 5.32 Å². The van der Waals surface area contributed by atoms with Gasteiger partial charge in [0.25, 0.3) is 0 Å². The Morgan fingerprint density at radius 2 is 2.12 bits per heavy atom. The molecule has 3 N–H and O–H groups in total. The standard InChI is InChI=1S/C14H18N2O/c1-2-3-7-10-16-14(17)13(15)11-12-8-5-4-6-9-12/h4-6,8-9,13H,7,10-11,15H2,1H3,(H,16,17)/t13-/m0/s1. The molecule has 1 amide bonds. The van der Waals surface area contributed by atoms with Crippen molar-refractivity contribution < 1.29 is 4.79 Å². The van der Waals surface area contributed by atoms with E-state index in [4.69, 9.17) is 5.73 Å². The molecule has 0 heterocycles. The minimum Gasteiger partial charge on any atom is -0.354 e. The monoisotopic (exact) mass is 230 g/mol. The maximum Gasteiger partial charge on any atom is 0.237 e. The smallest absolute Gasteiger partial charge is 0.237 e. The van der Waals surface area contributed by atoms with Crippen LogP contribution in [-0.4, -0.2) is 18.5 Å². The van der Waals surface area contributed by atoms with Crippen molar-refractivity contribution in [2.45, 2.75) is 25.8 Å². The van der Waals surface area contributed by atoms with Crippen molar-refractivity contribution in [3.8, 4) is 11.8 Å². The number of benzene rings is 1. The topological polar surface area (TPSA) is 55.1 Å². The number of amides is 1. The Morgan fingerprint density at radius 3 is 2.76 bits per heavy atom. The molecule has 0 unspecified atom stereocenters. The fourth-order valence-electron chi connectivity index (χ4n) is 1.47. The van der Waals surface area contributed by atoms with E-state index in [-0.39, 0.29) is 5.91 Å². The molecule has 3 nitrogen and oxygen atoms in total. The van der Waals surface area contributed by atoms with Crippen LogP contribution >= 0.6 is 0 Å². The van der Waals surface area contributed by atoms with Crippen LogP contribution in [0.3, 0.4) is 0 Å². The van der Waals surface area contributed by atoms with E-state index >= 15 is 0 Å². The van der Waals surface area contributed by atoms with E-state index in [1.54, 1.807) is 6.92 Å². The Balaban J connectivity index is 2.33. The van der Waals surface area contributed by atoms with E-state index in [2.05, 4.69) is 17.2 Å². The number of carbonyl (C=O) groups is 1. The van der Waals surface area contributed by atoms with Gasteiger partial charge < -0.3 is 11.1 Å². The molecule has 3 heteroatoms. The lowest BCUT2D eigenvalue weighted by atomic mass is 10.1. The second-order valence-corrected chi connectivity index (χ2v) is 3.76. The summed E-state index contributed by atoms with van der Waals surface area (Å²) < 4.78 is 0. The number of hydrogen-bond acceptors (Lipinski definition) is 2. The largest absolute Gasteiger partial charge is 0.354 e. The molecular weight excluding hydrogens is 212 g/mol. The molecule has 1 rings (SSSR count). The summed E-state index contributed by atoms with van der Waals surface area (Å²) in [5.41, 5.74) is 6.89. The average molecular weight is 230 g/mol. The van der Waals surface area contributed by atoms with Crippen LogP contribution in [0.4, 0.5) is 0 Å². The Morgan fingerprint density at radius 1 is 1.41 bits per heavy atom. The van der Waals surface area contributed by atoms with Crippen molar-refractivity contribution in [1.29, 1.82) is 0 Å². The zero-order valence-corrected chi connectivity index (χ0v) is 10.1. The molecule has 17 heavy (non-hydrogen) atoms. The summed E-state index contributed by atoms with van der Waals surface area (Å²) in [6, 6.07) is 9.27. The molecule has 0 aromatic heterocycles. The minimum atomic E-state index is -0.494. The van der Waals surface area contributed by atoms with Gasteiger partial charge in [-0.2, -0.15) is 0 Å². The third kappa shape index (κ3) is 5.19. The van der Waals surface area contributed by atoms with E-state index < -0.39 is 6.04 Å². The Kier molecular flexibility index (Phi) is 5.84. The van der Waals surface area contributed by atoms with Crippen molar-refractivity contribution in [3.05, 3.63) is 35.9 Å². The van der Waals surface area contributed by atoms with E-state index in [1.807, 2.05) is 30.3 Å². The quantitative estimate of drug-likeness (QED) is 0.587. The summed E-state index contributed by atoms with van der Waals surface area (Å²) in [6.07, 6.45) is 1.23. The van der Waals surface area contributed by atoms with E-state index in [1.165, 1.54) is 0 Å². The third-order valence-corrected chi connectivity index (χ3v) is 2.36. The molecule has 1 atom stereocenters. The maximum absolute atomic E-state index is 11.6. The Hall–Kier alpha value is -1.79. The highest BCUT2D eigenvalue weighted by molar-refractivity contribution is 5.81. The fraction of sp³-hybridized carbons (Fsp3) is 0.357. The van der Waals surface area contributed by atoms with Gasteiger partial charge in [-0.1, -0.05) is 30.3 Å². The average Bonchev–Trinajstić information content (AvgIpc) is 2.35. The number of rotatable bonds is 5. The van der Waals surface area contributed by atoms with Gasteiger partial charge in [0.2, 0.25) is 5.91 Å². The highest BCUT2D eigenvalue weighted by Gasteiger charge is 2.12. The first-order valence-corrected chi connectivity index (χ1v) is 5.71. The van der Waals surface area contributed by atoms with Crippen molar-refractivity contribution >= 4 is 5.91 Å². The van der Waals surface area contributed by atoms with Crippen molar-refractivity contribution in [2.24, 2.45) is 5.73 Å². The number of nitrogens with two attached hydrogens (primary N) is 1. The molecule has 0 aliphatic rings. The van der Waals surface area contributed by atoms with Gasteiger partial charge in [-0.25, -0.2) is 0 Å². The molecular formula is C14H18N2O. The zero-order chi connectivity index (χ0) is 12.5. The molecule has 0 radical (unpaired) electrons. The van der Waals surface area contributed by atoms with Gasteiger partial charge in [-0.15, -0.1) is 11.8 Å². The van der Waals surface area contributed by atoms with E-state index in [0.29, 0.717) is 19.4 Å². The van der Waals surface area contributed by atoms with Crippen LogP contribution in [0.25, 0.3) is 0 Å². The van der Waals surface area contributed by atoms with Crippen LogP contribution in [0.15, 0.2) is 30.3 Å². The highest BCUT2D eigenvalue weighted by Crippen LogP contribution is 2.01. The first-order valence-electron chi connectivity index (χ1n) is 5.71. The van der Waals surface area contributed by atoms with Crippen LogP contribution in [-0.2, 0) is 11.2 Å². The van der Waals surface area contributed by atoms with Crippen LogP contribution in [0.2, 0.25) is 0 Å². The first-order chi connectivity index (χ1) is 8.24. The maximum atomic E-state index is 11.6. The number of carbonyl (C=O) groups excluding carboxylic acids is 1. The van der Waals surface area contributed by atoms with Gasteiger partial charge in [-0.05, 0) is 18.9 Å². The Bertz CT molecular complexity index is 403. The second-order valence-electron chi connectivity index (χ2n) is 3.76. The highest BCUT2D eigenvalue weighted by atomic mass is 16.2. The third-order valence-electron chi connectivity index (χ3n) is 2.36. The minimum absolute atomic E-state index is 0.119. The summed E-state index contributed by atoms with van der Waals surface area (Å²) in [6.45, 7) is 2.34. The lowest BCUT2D eigenvalue weighted by molar-refractivity contribution is -0.122. The lowest BCUT2D eigenvalue weighted by Crippen LogP contribution is -2.42. The molecule has 1 aromatic carbocycles. The van der Waals surface area contributed by atoms with Crippen molar-refractivity contribution in [3.63, 3.8) is 0 Å². The SMILES string of the molecule is CC#CCCNC(=O)[C@@H](N)Cc1ccccc1. The van der Waals surface area contributed by atoms with Gasteiger partial charge in [-0.3, -0.25) is 4.79 Å². The number of nitrogens with one attached hydrogen (secondary N) is 1. The summed E-state index contributed by atoms with van der Waals surface area (Å²) in [5.74, 6) is 5.55. The summed E-state index contributed by atoms with van der Waals surface area (Å²) in [5, 5.41) is 2.77. The molecule has 1 aromatic rings. The molecule has 0 aliphatic carbocycles. The first kappa shape index (κ1) is 13.3. The van der Waals surface area contributed by atoms with Gasteiger partial charge in [0.05, 0.1) is 6.04 Å².